The molecule has 0 fully saturated rings. The van der Waals surface area contributed by atoms with E-state index in [1.54, 1.807) is 0 Å². The van der Waals surface area contributed by atoms with Gasteiger partial charge in [-0.2, -0.15) is 0 Å². The number of pyridine rings is 1. The number of halogens is 2. The molecule has 1 heterocycles. The Labute approximate surface area is 84.8 Å². The summed E-state index contributed by atoms with van der Waals surface area (Å²) in [6.07, 6.45) is -2.69. The number of aromatic nitrogens is 1. The molecule has 0 unspecified atom stereocenters. The lowest BCUT2D eigenvalue weighted by atomic mass is 10.2. The van der Waals surface area contributed by atoms with Gasteiger partial charge in [-0.05, 0) is 6.07 Å². The van der Waals surface area contributed by atoms with Crippen LogP contribution in [0, 0.1) is 0 Å². The summed E-state index contributed by atoms with van der Waals surface area (Å²) in [4.78, 5) is 14.7. The topological polar surface area (TPSA) is 48.4 Å². The van der Waals surface area contributed by atoms with E-state index in [0.717, 1.165) is 19.2 Å². The van der Waals surface area contributed by atoms with Gasteiger partial charge in [-0.3, -0.25) is 0 Å². The summed E-state index contributed by atoms with van der Waals surface area (Å²) in [6, 6.07) is 2.04. The minimum atomic E-state index is -2.69. The molecule has 0 aliphatic rings. The lowest BCUT2D eigenvalue weighted by Gasteiger charge is -2.05. The van der Waals surface area contributed by atoms with Gasteiger partial charge in [0.05, 0.1) is 14.2 Å². The van der Waals surface area contributed by atoms with Crippen molar-refractivity contribution in [3.05, 3.63) is 23.4 Å². The summed E-state index contributed by atoms with van der Waals surface area (Å²) in [5.41, 5.74) is -0.533. The van der Waals surface area contributed by atoms with Crippen LogP contribution in [0.3, 0.4) is 0 Å². The Balaban J connectivity index is 3.17. The zero-order chi connectivity index (χ0) is 11.4. The zero-order valence-corrected chi connectivity index (χ0v) is 8.16. The fourth-order valence-electron chi connectivity index (χ4n) is 0.965. The highest BCUT2D eigenvalue weighted by molar-refractivity contribution is 5.87. The highest BCUT2D eigenvalue weighted by atomic mass is 19.3. The molecule has 1 aromatic heterocycles. The lowest BCUT2D eigenvalue weighted by Crippen LogP contribution is -2.06. The molecule has 15 heavy (non-hydrogen) atoms. The first kappa shape index (κ1) is 11.4. The Morgan fingerprint density at radius 2 is 2.07 bits per heavy atom. The maximum Gasteiger partial charge on any atom is 0.356 e. The standard InChI is InChI=1S/C9H9F2NO3/c1-14-7-4-5(8(10)11)3-6(12-7)9(13)15-2/h3-4,8H,1-2H3. The molecular formula is C9H9F2NO3. The van der Waals surface area contributed by atoms with Crippen LogP contribution in [-0.4, -0.2) is 25.2 Å². The number of carbonyl (C=O) groups excluding carboxylic acids is 1. The Morgan fingerprint density at radius 3 is 2.53 bits per heavy atom. The Hall–Kier alpha value is -1.72. The van der Waals surface area contributed by atoms with Gasteiger partial charge in [-0.1, -0.05) is 0 Å². The Bertz CT molecular complexity index is 368. The highest BCUT2D eigenvalue weighted by Gasteiger charge is 2.15. The summed E-state index contributed by atoms with van der Waals surface area (Å²) in [6.45, 7) is 0. The second-order valence-electron chi connectivity index (χ2n) is 2.62. The SMILES string of the molecule is COC(=O)c1cc(C(F)F)cc(OC)n1. The molecule has 1 aromatic rings. The van der Waals surface area contributed by atoms with Gasteiger partial charge < -0.3 is 9.47 Å². The molecule has 1 rings (SSSR count). The molecule has 0 bridgehead atoms. The highest BCUT2D eigenvalue weighted by Crippen LogP contribution is 2.23. The minimum absolute atomic E-state index is 0.0480. The molecule has 0 amide bonds. The molecule has 0 aliphatic heterocycles. The molecule has 0 aromatic carbocycles. The number of esters is 1. The van der Waals surface area contributed by atoms with Crippen molar-refractivity contribution in [1.82, 2.24) is 4.98 Å². The van der Waals surface area contributed by atoms with E-state index in [1.807, 2.05) is 0 Å². The predicted molar refractivity (Wildman–Crippen MR) is 47.1 cm³/mol. The van der Waals surface area contributed by atoms with Gasteiger partial charge in [0.25, 0.3) is 6.43 Å². The molecule has 0 radical (unpaired) electrons. The fourth-order valence-corrected chi connectivity index (χ4v) is 0.965. The first-order valence-electron chi connectivity index (χ1n) is 4.01. The molecule has 0 atom stereocenters. The van der Waals surface area contributed by atoms with E-state index in [2.05, 4.69) is 14.5 Å². The van der Waals surface area contributed by atoms with Crippen LogP contribution >= 0.6 is 0 Å². The van der Waals surface area contributed by atoms with Crippen molar-refractivity contribution in [2.45, 2.75) is 6.43 Å². The molecule has 0 aliphatic carbocycles. The third kappa shape index (κ3) is 2.61. The molecule has 0 N–H and O–H groups in total. The van der Waals surface area contributed by atoms with Gasteiger partial charge in [0.15, 0.2) is 5.69 Å². The van der Waals surface area contributed by atoms with E-state index in [0.29, 0.717) is 0 Å². The van der Waals surface area contributed by atoms with Crippen molar-refractivity contribution in [2.24, 2.45) is 0 Å². The van der Waals surface area contributed by atoms with Crippen LogP contribution in [0.4, 0.5) is 8.78 Å². The number of ether oxygens (including phenoxy) is 2. The largest absolute Gasteiger partial charge is 0.481 e. The molecule has 0 spiro atoms. The third-order valence-corrected chi connectivity index (χ3v) is 1.68. The van der Waals surface area contributed by atoms with Crippen molar-refractivity contribution < 1.29 is 23.0 Å². The van der Waals surface area contributed by atoms with Gasteiger partial charge >= 0.3 is 5.97 Å². The van der Waals surface area contributed by atoms with Crippen LogP contribution in [-0.2, 0) is 4.74 Å². The summed E-state index contributed by atoms with van der Waals surface area (Å²) in [5, 5.41) is 0. The second-order valence-corrected chi connectivity index (χ2v) is 2.62. The van der Waals surface area contributed by atoms with E-state index in [9.17, 15) is 13.6 Å². The molecule has 0 saturated carbocycles. The van der Waals surface area contributed by atoms with Crippen LogP contribution in [0.2, 0.25) is 0 Å². The lowest BCUT2D eigenvalue weighted by molar-refractivity contribution is 0.0592. The number of alkyl halides is 2. The molecule has 82 valence electrons. The van der Waals surface area contributed by atoms with Gasteiger partial charge in [-0.15, -0.1) is 0 Å². The van der Waals surface area contributed by atoms with Crippen molar-refractivity contribution in [2.75, 3.05) is 14.2 Å². The summed E-state index contributed by atoms with van der Waals surface area (Å²) in [7, 11) is 2.42. The van der Waals surface area contributed by atoms with Crippen molar-refractivity contribution in [3.63, 3.8) is 0 Å². The number of nitrogens with zero attached hydrogens (tertiary/aromatic N) is 1. The van der Waals surface area contributed by atoms with Crippen LogP contribution in [0.1, 0.15) is 22.5 Å². The smallest absolute Gasteiger partial charge is 0.356 e. The fraction of sp³-hybridized carbons (Fsp3) is 0.333. The van der Waals surface area contributed by atoms with Gasteiger partial charge in [0.2, 0.25) is 5.88 Å². The summed E-state index contributed by atoms with van der Waals surface area (Å²) in [5.74, 6) is -0.830. The normalized spacial score (nSPS) is 10.2. The number of hydrogen-bond acceptors (Lipinski definition) is 4. The molecular weight excluding hydrogens is 208 g/mol. The summed E-state index contributed by atoms with van der Waals surface area (Å²) < 4.78 is 33.8. The maximum absolute atomic E-state index is 12.4. The number of carbonyl (C=O) groups is 1. The third-order valence-electron chi connectivity index (χ3n) is 1.68. The minimum Gasteiger partial charge on any atom is -0.481 e. The molecule has 4 nitrogen and oxygen atoms in total. The van der Waals surface area contributed by atoms with Gasteiger partial charge in [0, 0.05) is 11.6 Å². The van der Waals surface area contributed by atoms with E-state index < -0.39 is 12.4 Å². The van der Waals surface area contributed by atoms with E-state index >= 15 is 0 Å². The Kier molecular flexibility index (Phi) is 3.54. The van der Waals surface area contributed by atoms with Crippen LogP contribution in [0.15, 0.2) is 12.1 Å². The molecule has 0 saturated heterocycles. The maximum atomic E-state index is 12.4. The van der Waals surface area contributed by atoms with Crippen molar-refractivity contribution in [3.8, 4) is 5.88 Å². The monoisotopic (exact) mass is 217 g/mol. The average Bonchev–Trinajstić information content (AvgIpc) is 2.27. The van der Waals surface area contributed by atoms with Crippen molar-refractivity contribution in [1.29, 1.82) is 0 Å². The number of methoxy groups -OCH3 is 2. The van der Waals surface area contributed by atoms with Crippen LogP contribution in [0.25, 0.3) is 0 Å². The van der Waals surface area contributed by atoms with E-state index in [4.69, 9.17) is 0 Å². The van der Waals surface area contributed by atoms with E-state index in [1.165, 1.54) is 7.11 Å². The summed E-state index contributed by atoms with van der Waals surface area (Å²) >= 11 is 0. The van der Waals surface area contributed by atoms with E-state index in [-0.39, 0.29) is 17.1 Å². The van der Waals surface area contributed by atoms with Crippen LogP contribution < -0.4 is 4.74 Å². The average molecular weight is 217 g/mol. The Morgan fingerprint density at radius 1 is 1.40 bits per heavy atom. The van der Waals surface area contributed by atoms with Gasteiger partial charge in [0.1, 0.15) is 0 Å². The van der Waals surface area contributed by atoms with Gasteiger partial charge in [-0.25, -0.2) is 18.6 Å². The predicted octanol–water partition coefficient (Wildman–Crippen LogP) is 1.81. The second kappa shape index (κ2) is 4.68. The quantitative estimate of drug-likeness (QED) is 0.724. The zero-order valence-electron chi connectivity index (χ0n) is 8.16. The molecule has 6 heteroatoms. The van der Waals surface area contributed by atoms with Crippen LogP contribution in [0.5, 0.6) is 5.88 Å². The van der Waals surface area contributed by atoms with Crippen molar-refractivity contribution >= 4 is 5.97 Å². The number of rotatable bonds is 3. The first-order valence-corrected chi connectivity index (χ1v) is 4.01. The number of hydrogen-bond donors (Lipinski definition) is 0. The first-order chi connectivity index (χ1) is 7.08.